The van der Waals surface area contributed by atoms with Crippen molar-refractivity contribution in [1.82, 2.24) is 19.5 Å². The van der Waals surface area contributed by atoms with Gasteiger partial charge < -0.3 is 15.2 Å². The number of hydrogen-bond donors (Lipinski definition) is 2. The van der Waals surface area contributed by atoms with Crippen LogP contribution < -0.4 is 5.32 Å². The van der Waals surface area contributed by atoms with Crippen LogP contribution in [0.5, 0.6) is 0 Å². The normalized spacial score (nSPS) is 26.2. The molecule has 3 heterocycles. The van der Waals surface area contributed by atoms with Gasteiger partial charge in [0, 0.05) is 6.04 Å². The van der Waals surface area contributed by atoms with Crippen LogP contribution in [0, 0.1) is 0 Å². The van der Waals surface area contributed by atoms with Crippen LogP contribution in [0.25, 0.3) is 11.2 Å². The van der Waals surface area contributed by atoms with Crippen molar-refractivity contribution in [1.29, 1.82) is 0 Å². The average molecular weight is 275 g/mol. The van der Waals surface area contributed by atoms with Gasteiger partial charge in [-0.3, -0.25) is 4.57 Å². The van der Waals surface area contributed by atoms with Gasteiger partial charge in [-0.15, -0.1) is 0 Å². The Morgan fingerprint density at radius 1 is 1.25 bits per heavy atom. The van der Waals surface area contributed by atoms with Crippen LogP contribution in [0.1, 0.15) is 31.9 Å². The highest BCUT2D eigenvalue weighted by molar-refractivity contribution is 5.82. The summed E-state index contributed by atoms with van der Waals surface area (Å²) < 4.78 is 7.72. The number of hydrogen-bond acceptors (Lipinski definition) is 6. The van der Waals surface area contributed by atoms with Gasteiger partial charge in [0.1, 0.15) is 12.6 Å². The molecule has 2 atom stereocenters. The zero-order valence-corrected chi connectivity index (χ0v) is 11.1. The molecule has 2 N–H and O–H groups in total. The maximum atomic E-state index is 9.16. The minimum Gasteiger partial charge on any atom is -0.394 e. The molecule has 2 aliphatic rings. The molecule has 1 aliphatic carbocycles. The second-order valence-electron chi connectivity index (χ2n) is 5.44. The number of nitrogens with one attached hydrogen (secondary N) is 1. The smallest absolute Gasteiger partial charge is 0.167 e. The van der Waals surface area contributed by atoms with Crippen LogP contribution in [-0.2, 0) is 4.74 Å². The molecule has 0 radical (unpaired) electrons. The third-order valence-electron chi connectivity index (χ3n) is 3.88. The van der Waals surface area contributed by atoms with Crippen molar-refractivity contribution in [3.05, 3.63) is 12.7 Å². The lowest BCUT2D eigenvalue weighted by Crippen LogP contribution is -2.14. The molecule has 0 aromatic carbocycles. The lowest BCUT2D eigenvalue weighted by atomic mass is 10.2. The molecule has 0 unspecified atom stereocenters. The molecule has 7 heteroatoms. The van der Waals surface area contributed by atoms with E-state index in [1.54, 1.807) is 12.7 Å². The number of fused-ring (bicyclic) bond motifs is 1. The van der Waals surface area contributed by atoms with Gasteiger partial charge in [0.25, 0.3) is 0 Å². The average Bonchev–Trinajstić information content (AvgIpc) is 3.01. The summed E-state index contributed by atoms with van der Waals surface area (Å²) in [5.41, 5.74) is 1.57. The van der Waals surface area contributed by atoms with Crippen LogP contribution in [0.15, 0.2) is 12.7 Å². The van der Waals surface area contributed by atoms with E-state index in [-0.39, 0.29) is 18.9 Å². The highest BCUT2D eigenvalue weighted by Gasteiger charge is 2.28. The minimum absolute atomic E-state index is 0.0621. The first kappa shape index (κ1) is 12.0. The summed E-state index contributed by atoms with van der Waals surface area (Å²) in [6.45, 7) is 0.0621. The molecule has 4 rings (SSSR count). The van der Waals surface area contributed by atoms with Crippen LogP contribution in [-0.4, -0.2) is 43.4 Å². The molecule has 7 nitrogen and oxygen atoms in total. The fraction of sp³-hybridized carbons (Fsp3) is 0.615. The number of nitrogens with zero attached hydrogens (tertiary/aromatic N) is 4. The van der Waals surface area contributed by atoms with Crippen molar-refractivity contribution < 1.29 is 9.84 Å². The van der Waals surface area contributed by atoms with Gasteiger partial charge in [-0.25, -0.2) is 15.0 Å². The Labute approximate surface area is 116 Å². The largest absolute Gasteiger partial charge is 0.394 e. The highest BCUT2D eigenvalue weighted by Crippen LogP contribution is 2.32. The van der Waals surface area contributed by atoms with Crippen LogP contribution in [0.2, 0.25) is 0 Å². The highest BCUT2D eigenvalue weighted by atomic mass is 16.5. The number of rotatable bonds is 4. The maximum Gasteiger partial charge on any atom is 0.167 e. The topological polar surface area (TPSA) is 85.1 Å². The van der Waals surface area contributed by atoms with Gasteiger partial charge in [-0.1, -0.05) is 0 Å². The first-order valence-corrected chi connectivity index (χ1v) is 7.05. The number of imidazole rings is 1. The van der Waals surface area contributed by atoms with E-state index in [0.29, 0.717) is 6.04 Å². The second kappa shape index (κ2) is 4.68. The molecule has 106 valence electrons. The summed E-state index contributed by atoms with van der Waals surface area (Å²) in [4.78, 5) is 13.0. The summed E-state index contributed by atoms with van der Waals surface area (Å²) in [7, 11) is 0. The molecule has 2 aromatic heterocycles. The fourth-order valence-electron chi connectivity index (χ4n) is 2.61. The van der Waals surface area contributed by atoms with E-state index in [2.05, 4.69) is 20.3 Å². The number of ether oxygens (including phenoxy) is 1. The minimum atomic E-state index is -0.0965. The summed E-state index contributed by atoms with van der Waals surface area (Å²) in [5, 5.41) is 12.5. The number of aromatic nitrogens is 4. The lowest BCUT2D eigenvalue weighted by Gasteiger charge is -2.13. The van der Waals surface area contributed by atoms with Crippen molar-refractivity contribution in [2.45, 2.75) is 44.1 Å². The van der Waals surface area contributed by atoms with Gasteiger partial charge in [0.15, 0.2) is 17.0 Å². The molecular weight excluding hydrogens is 258 g/mol. The Kier molecular flexibility index (Phi) is 2.82. The van der Waals surface area contributed by atoms with Gasteiger partial charge in [-0.05, 0) is 25.7 Å². The summed E-state index contributed by atoms with van der Waals surface area (Å²) in [6, 6.07) is 0.528. The van der Waals surface area contributed by atoms with Gasteiger partial charge in [0.2, 0.25) is 0 Å². The molecule has 2 aromatic rings. The second-order valence-corrected chi connectivity index (χ2v) is 5.44. The molecule has 2 fully saturated rings. The Morgan fingerprint density at radius 2 is 2.15 bits per heavy atom. The van der Waals surface area contributed by atoms with Gasteiger partial charge >= 0.3 is 0 Å². The molecule has 20 heavy (non-hydrogen) atoms. The van der Waals surface area contributed by atoms with Gasteiger partial charge in [-0.2, -0.15) is 0 Å². The lowest BCUT2D eigenvalue weighted by molar-refractivity contribution is -0.0207. The Morgan fingerprint density at radius 3 is 2.90 bits per heavy atom. The van der Waals surface area contributed by atoms with Crippen LogP contribution in [0.3, 0.4) is 0 Å². The van der Waals surface area contributed by atoms with Crippen molar-refractivity contribution in [2.24, 2.45) is 0 Å². The molecule has 0 bridgehead atoms. The first-order chi connectivity index (χ1) is 9.85. The fourth-order valence-corrected chi connectivity index (χ4v) is 2.61. The van der Waals surface area contributed by atoms with Crippen molar-refractivity contribution >= 4 is 17.0 Å². The molecule has 0 amide bonds. The van der Waals surface area contributed by atoms with E-state index < -0.39 is 0 Å². The quantitative estimate of drug-likeness (QED) is 0.868. The number of anilines is 1. The third kappa shape index (κ3) is 2.03. The Balaban J connectivity index is 1.67. The van der Waals surface area contributed by atoms with E-state index in [4.69, 9.17) is 9.84 Å². The zero-order chi connectivity index (χ0) is 13.5. The van der Waals surface area contributed by atoms with Crippen molar-refractivity contribution in [2.75, 3.05) is 11.9 Å². The number of aliphatic hydroxyl groups excluding tert-OH is 1. The molecular formula is C13H17N5O2. The van der Waals surface area contributed by atoms with Gasteiger partial charge in [0.05, 0.1) is 19.0 Å². The van der Waals surface area contributed by atoms with E-state index in [9.17, 15) is 0 Å². The van der Waals surface area contributed by atoms with E-state index in [1.807, 2.05) is 4.57 Å². The third-order valence-corrected chi connectivity index (χ3v) is 3.88. The molecule has 1 saturated carbocycles. The number of aliphatic hydroxyl groups is 1. The summed E-state index contributed by atoms with van der Waals surface area (Å²) >= 11 is 0. The van der Waals surface area contributed by atoms with Crippen LogP contribution in [0.4, 0.5) is 5.82 Å². The Hall–Kier alpha value is -1.73. The molecule has 0 spiro atoms. The zero-order valence-electron chi connectivity index (χ0n) is 11.1. The Bertz CT molecular complexity index is 624. The monoisotopic (exact) mass is 275 g/mol. The molecule has 1 aliphatic heterocycles. The predicted molar refractivity (Wildman–Crippen MR) is 72.2 cm³/mol. The van der Waals surface area contributed by atoms with E-state index in [1.165, 1.54) is 12.8 Å². The standard InChI is InChI=1S/C13H17N5O2/c19-5-9-3-4-10(20-9)18-7-16-11-12(17-8-1-2-8)14-6-15-13(11)18/h6-10,19H,1-5H2,(H,14,15,17)/t9-,10+/m0/s1. The maximum absolute atomic E-state index is 9.16. The first-order valence-electron chi connectivity index (χ1n) is 7.05. The van der Waals surface area contributed by atoms with E-state index in [0.717, 1.165) is 29.8 Å². The summed E-state index contributed by atoms with van der Waals surface area (Å²) in [6.07, 6.45) is 7.24. The summed E-state index contributed by atoms with van der Waals surface area (Å²) in [5.74, 6) is 0.799. The predicted octanol–water partition coefficient (Wildman–Crippen LogP) is 1.07. The van der Waals surface area contributed by atoms with Crippen molar-refractivity contribution in [3.63, 3.8) is 0 Å². The SMILES string of the molecule is OC[C@@H]1CC[C@H](n2cnc3c(NC4CC4)ncnc32)O1. The molecule has 1 saturated heterocycles. The van der Waals surface area contributed by atoms with E-state index >= 15 is 0 Å². The van der Waals surface area contributed by atoms with Crippen molar-refractivity contribution in [3.8, 4) is 0 Å². The van der Waals surface area contributed by atoms with Crippen LogP contribution >= 0.6 is 0 Å².